The Hall–Kier alpha value is -2.20. The second-order valence-corrected chi connectivity index (χ2v) is 8.79. The van der Waals surface area contributed by atoms with E-state index in [1.807, 2.05) is 31.1 Å². The van der Waals surface area contributed by atoms with E-state index < -0.39 is 14.9 Å². The van der Waals surface area contributed by atoms with Gasteiger partial charge in [0.05, 0.1) is 9.82 Å². The predicted octanol–water partition coefficient (Wildman–Crippen LogP) is 2.72. The van der Waals surface area contributed by atoms with Crippen LogP contribution < -0.4 is 9.62 Å². The third kappa shape index (κ3) is 5.90. The van der Waals surface area contributed by atoms with E-state index >= 15 is 0 Å². The standard InChI is InChI=1S/C18H23ClN4O4S/c1-21(2)11-10-20-28(26,27)16-8-9-17(18(12-16)23(24)25)22(3)13-14-4-6-15(19)7-5-14/h4-9,12,20H,10-11,13H2,1-3H3. The summed E-state index contributed by atoms with van der Waals surface area (Å²) in [6.07, 6.45) is 0. The maximum absolute atomic E-state index is 12.4. The first-order valence-electron chi connectivity index (χ1n) is 8.48. The Labute approximate surface area is 169 Å². The monoisotopic (exact) mass is 426 g/mol. The highest BCUT2D eigenvalue weighted by atomic mass is 35.5. The first kappa shape index (κ1) is 22.1. The molecule has 2 rings (SSSR count). The molecule has 2 aromatic carbocycles. The van der Waals surface area contributed by atoms with Gasteiger partial charge in [-0.2, -0.15) is 0 Å². The normalized spacial score (nSPS) is 11.6. The Morgan fingerprint density at radius 2 is 1.75 bits per heavy atom. The largest absolute Gasteiger partial charge is 0.365 e. The fourth-order valence-electron chi connectivity index (χ4n) is 2.58. The van der Waals surface area contributed by atoms with Crippen molar-refractivity contribution in [3.63, 3.8) is 0 Å². The second kappa shape index (κ2) is 9.33. The van der Waals surface area contributed by atoms with Crippen molar-refractivity contribution in [3.05, 3.63) is 63.2 Å². The van der Waals surface area contributed by atoms with Gasteiger partial charge in [-0.3, -0.25) is 10.1 Å². The predicted molar refractivity (Wildman–Crippen MR) is 110 cm³/mol. The molecule has 0 aliphatic carbocycles. The molecule has 0 fully saturated rings. The number of nitrogens with zero attached hydrogens (tertiary/aromatic N) is 3. The lowest BCUT2D eigenvalue weighted by atomic mass is 10.2. The highest BCUT2D eigenvalue weighted by Crippen LogP contribution is 2.31. The maximum Gasteiger partial charge on any atom is 0.293 e. The molecule has 0 saturated heterocycles. The molecule has 0 amide bonds. The Morgan fingerprint density at radius 3 is 2.32 bits per heavy atom. The molecule has 0 radical (unpaired) electrons. The average molecular weight is 427 g/mol. The summed E-state index contributed by atoms with van der Waals surface area (Å²) in [6, 6.07) is 11.1. The molecule has 0 saturated carbocycles. The van der Waals surface area contributed by atoms with Crippen molar-refractivity contribution < 1.29 is 13.3 Å². The summed E-state index contributed by atoms with van der Waals surface area (Å²) in [5.41, 5.74) is 0.974. The van der Waals surface area contributed by atoms with E-state index in [-0.39, 0.29) is 17.1 Å². The van der Waals surface area contributed by atoms with E-state index in [2.05, 4.69) is 4.72 Å². The third-order valence-corrected chi connectivity index (χ3v) is 5.76. The Kier molecular flexibility index (Phi) is 7.36. The van der Waals surface area contributed by atoms with Crippen LogP contribution in [0.5, 0.6) is 0 Å². The molecule has 0 aliphatic heterocycles. The highest BCUT2D eigenvalue weighted by molar-refractivity contribution is 7.89. The molecular formula is C18H23ClN4O4S. The minimum absolute atomic E-state index is 0.137. The fraction of sp³-hybridized carbons (Fsp3) is 0.333. The lowest BCUT2D eigenvalue weighted by molar-refractivity contribution is -0.384. The lowest BCUT2D eigenvalue weighted by Crippen LogP contribution is -2.31. The van der Waals surface area contributed by atoms with Crippen molar-refractivity contribution in [1.29, 1.82) is 0 Å². The van der Waals surface area contributed by atoms with E-state index in [4.69, 9.17) is 11.6 Å². The number of anilines is 1. The molecule has 152 valence electrons. The van der Waals surface area contributed by atoms with Gasteiger partial charge < -0.3 is 9.80 Å². The molecule has 8 nitrogen and oxygen atoms in total. The molecule has 0 unspecified atom stereocenters. The van der Waals surface area contributed by atoms with E-state index in [1.165, 1.54) is 12.1 Å². The minimum Gasteiger partial charge on any atom is -0.365 e. The van der Waals surface area contributed by atoms with Gasteiger partial charge in [-0.15, -0.1) is 0 Å². The Bertz CT molecular complexity index is 933. The van der Waals surface area contributed by atoms with Crippen LogP contribution in [-0.2, 0) is 16.6 Å². The molecule has 2 aromatic rings. The first-order valence-corrected chi connectivity index (χ1v) is 10.3. The number of nitrogens with one attached hydrogen (secondary N) is 1. The number of nitro groups is 1. The summed E-state index contributed by atoms with van der Waals surface area (Å²) in [6.45, 7) is 1.13. The Morgan fingerprint density at radius 1 is 1.11 bits per heavy atom. The van der Waals surface area contributed by atoms with Crippen LogP contribution in [0.3, 0.4) is 0 Å². The number of rotatable bonds is 9. The zero-order chi connectivity index (χ0) is 20.9. The van der Waals surface area contributed by atoms with E-state index in [9.17, 15) is 18.5 Å². The van der Waals surface area contributed by atoms with Crippen LogP contribution in [0.25, 0.3) is 0 Å². The smallest absolute Gasteiger partial charge is 0.293 e. The van der Waals surface area contributed by atoms with Crippen molar-refractivity contribution in [3.8, 4) is 0 Å². The molecule has 0 bridgehead atoms. The number of hydrogen-bond donors (Lipinski definition) is 1. The zero-order valence-corrected chi connectivity index (χ0v) is 17.5. The highest BCUT2D eigenvalue weighted by Gasteiger charge is 2.23. The Balaban J connectivity index is 2.26. The van der Waals surface area contributed by atoms with E-state index in [0.29, 0.717) is 23.8 Å². The van der Waals surface area contributed by atoms with Crippen LogP contribution >= 0.6 is 11.6 Å². The quantitative estimate of drug-likeness (QED) is 0.489. The molecule has 28 heavy (non-hydrogen) atoms. The number of halogens is 1. The molecule has 10 heteroatoms. The van der Waals surface area contributed by atoms with Gasteiger partial charge in [-0.05, 0) is 43.9 Å². The molecule has 0 aliphatic rings. The molecule has 0 aromatic heterocycles. The van der Waals surface area contributed by atoms with Crippen LogP contribution in [0.4, 0.5) is 11.4 Å². The zero-order valence-electron chi connectivity index (χ0n) is 15.9. The van der Waals surface area contributed by atoms with Gasteiger partial charge in [0.25, 0.3) is 5.69 Å². The van der Waals surface area contributed by atoms with Crippen LogP contribution in [0.2, 0.25) is 5.02 Å². The number of likely N-dealkylation sites (N-methyl/N-ethyl adjacent to an activating group) is 1. The third-order valence-electron chi connectivity index (χ3n) is 4.05. The van der Waals surface area contributed by atoms with Crippen molar-refractivity contribution in [1.82, 2.24) is 9.62 Å². The van der Waals surface area contributed by atoms with Crippen molar-refractivity contribution in [2.45, 2.75) is 11.4 Å². The van der Waals surface area contributed by atoms with Crippen LogP contribution in [0.15, 0.2) is 47.4 Å². The molecular weight excluding hydrogens is 404 g/mol. The molecule has 0 spiro atoms. The number of hydrogen-bond acceptors (Lipinski definition) is 6. The van der Waals surface area contributed by atoms with Gasteiger partial charge in [0, 0.05) is 37.8 Å². The minimum atomic E-state index is -3.83. The first-order chi connectivity index (χ1) is 13.1. The lowest BCUT2D eigenvalue weighted by Gasteiger charge is -2.20. The van der Waals surface area contributed by atoms with Crippen molar-refractivity contribution >= 4 is 33.0 Å². The average Bonchev–Trinajstić information content (AvgIpc) is 2.62. The summed E-state index contributed by atoms with van der Waals surface area (Å²) in [4.78, 5) is 14.4. The maximum atomic E-state index is 12.4. The van der Waals surface area contributed by atoms with Gasteiger partial charge >= 0.3 is 0 Å². The molecule has 0 heterocycles. The van der Waals surface area contributed by atoms with Crippen molar-refractivity contribution in [2.75, 3.05) is 39.1 Å². The van der Waals surface area contributed by atoms with Crippen molar-refractivity contribution in [2.24, 2.45) is 0 Å². The van der Waals surface area contributed by atoms with E-state index in [1.54, 1.807) is 24.1 Å². The van der Waals surface area contributed by atoms with Gasteiger partial charge in [-0.1, -0.05) is 23.7 Å². The van der Waals surface area contributed by atoms with Crippen LogP contribution in [0, 0.1) is 10.1 Å². The van der Waals surface area contributed by atoms with Crippen LogP contribution in [0.1, 0.15) is 5.56 Å². The number of benzene rings is 2. The second-order valence-electron chi connectivity index (χ2n) is 6.59. The number of nitro benzene ring substituents is 1. The fourth-order valence-corrected chi connectivity index (χ4v) is 3.74. The summed E-state index contributed by atoms with van der Waals surface area (Å²) >= 11 is 5.88. The number of sulfonamides is 1. The SMILES string of the molecule is CN(C)CCNS(=O)(=O)c1ccc(N(C)Cc2ccc(Cl)cc2)c([N+](=O)[O-])c1. The van der Waals surface area contributed by atoms with Gasteiger partial charge in [-0.25, -0.2) is 13.1 Å². The van der Waals surface area contributed by atoms with E-state index in [0.717, 1.165) is 11.6 Å². The molecule has 0 atom stereocenters. The summed E-state index contributed by atoms with van der Waals surface area (Å²) in [5.74, 6) is 0. The molecule has 1 N–H and O–H groups in total. The van der Waals surface area contributed by atoms with Gasteiger partial charge in [0.2, 0.25) is 10.0 Å². The summed E-state index contributed by atoms with van der Waals surface area (Å²) < 4.78 is 27.3. The van der Waals surface area contributed by atoms with Crippen LogP contribution in [-0.4, -0.2) is 52.5 Å². The van der Waals surface area contributed by atoms with Gasteiger partial charge in [0.15, 0.2) is 0 Å². The topological polar surface area (TPSA) is 95.8 Å². The summed E-state index contributed by atoms with van der Waals surface area (Å²) in [5, 5.41) is 12.2. The van der Waals surface area contributed by atoms with Gasteiger partial charge in [0.1, 0.15) is 5.69 Å². The summed E-state index contributed by atoms with van der Waals surface area (Å²) in [7, 11) is 1.52.